The first-order valence-corrected chi connectivity index (χ1v) is 14.5. The van der Waals surface area contributed by atoms with E-state index in [2.05, 4.69) is 9.97 Å². The quantitative estimate of drug-likeness (QED) is 0.105. The molecule has 2 aromatic carbocycles. The predicted octanol–water partition coefficient (Wildman–Crippen LogP) is 7.49. The zero-order valence-electron chi connectivity index (χ0n) is 25.6. The number of carboxylic acids is 1. The summed E-state index contributed by atoms with van der Waals surface area (Å²) in [5.74, 6) is -1.73. The Hall–Kier alpha value is -3.57. The molecule has 0 atom stereocenters. The fraction of sp³-hybridized carbons (Fsp3) is 0.419. The minimum absolute atomic E-state index is 0. The van der Waals surface area contributed by atoms with Gasteiger partial charge in [-0.1, -0.05) is 6.92 Å². The summed E-state index contributed by atoms with van der Waals surface area (Å²) in [4.78, 5) is 34.1. The molecule has 1 aromatic heterocycles. The Kier molecular flexibility index (Phi) is 14.8. The summed E-state index contributed by atoms with van der Waals surface area (Å²) >= 11 is 0. The van der Waals surface area contributed by atoms with Crippen molar-refractivity contribution >= 4 is 53.1 Å². The number of hydrogen-bond donors (Lipinski definition) is 1. The van der Waals surface area contributed by atoms with Crippen LogP contribution in [0.1, 0.15) is 67.3 Å². The normalized spacial score (nSPS) is 11.9. The Balaban J connectivity index is 0.00000833. The van der Waals surface area contributed by atoms with Crippen molar-refractivity contribution in [3.63, 3.8) is 0 Å². The molecule has 3 aromatic rings. The Bertz CT molecular complexity index is 1530. The summed E-state index contributed by atoms with van der Waals surface area (Å²) in [5.41, 5.74) is -4.88. The van der Waals surface area contributed by atoms with E-state index in [0.717, 1.165) is 35.5 Å². The van der Waals surface area contributed by atoms with Crippen LogP contribution < -0.4 is 14.5 Å². The molecule has 1 heterocycles. The summed E-state index contributed by atoms with van der Waals surface area (Å²) in [6.07, 6.45) is -12.5. The van der Waals surface area contributed by atoms with Crippen LogP contribution >= 0.6 is 0 Å². The molecule has 0 fully saturated rings. The molecule has 1 amide bonds. The molecule has 0 aliphatic heterocycles. The molecule has 0 spiro atoms. The van der Waals surface area contributed by atoms with Crippen LogP contribution in [0.15, 0.2) is 48.8 Å². The van der Waals surface area contributed by atoms with Gasteiger partial charge in [0.2, 0.25) is 11.9 Å². The second-order valence-corrected chi connectivity index (χ2v) is 10.6. The van der Waals surface area contributed by atoms with E-state index < -0.39 is 65.7 Å². The van der Waals surface area contributed by atoms with Gasteiger partial charge in [-0.25, -0.2) is 9.97 Å². The number of carbonyl (C=O) groups excluding carboxylic acids is 1. The van der Waals surface area contributed by atoms with Crippen LogP contribution in [0, 0.1) is 0 Å². The van der Waals surface area contributed by atoms with E-state index in [4.69, 9.17) is 9.84 Å². The molecule has 0 radical (unpaired) electrons. The molecule has 1 N–H and O–H groups in total. The number of ether oxygens (including phenoxy) is 1. The molecule has 0 bridgehead atoms. The van der Waals surface area contributed by atoms with Crippen molar-refractivity contribution in [3.8, 4) is 5.75 Å². The maximum atomic E-state index is 13.8. The van der Waals surface area contributed by atoms with E-state index in [1.807, 2.05) is 0 Å². The number of rotatable bonds is 14. The number of amides is 1. The van der Waals surface area contributed by atoms with Gasteiger partial charge in [0.05, 0.1) is 35.7 Å². The molecule has 49 heavy (non-hydrogen) atoms. The average molecular weight is 719 g/mol. The number of aromatic nitrogens is 2. The second-order valence-electron chi connectivity index (χ2n) is 10.6. The Morgan fingerprint density at radius 2 is 1.37 bits per heavy atom. The van der Waals surface area contributed by atoms with Crippen molar-refractivity contribution in [2.45, 2.75) is 71.1 Å². The van der Waals surface area contributed by atoms with Crippen molar-refractivity contribution in [1.82, 2.24) is 9.97 Å². The van der Waals surface area contributed by atoms with Gasteiger partial charge in [0.15, 0.2) is 5.75 Å². The number of carbonyl (C=O) groups is 2. The van der Waals surface area contributed by atoms with E-state index in [9.17, 15) is 49.1 Å². The van der Waals surface area contributed by atoms with Gasteiger partial charge < -0.3 is 19.6 Å². The number of halogens is 9. The fourth-order valence-corrected chi connectivity index (χ4v) is 4.68. The van der Waals surface area contributed by atoms with Crippen molar-refractivity contribution in [3.05, 3.63) is 76.6 Å². The van der Waals surface area contributed by atoms with Gasteiger partial charge in [0.1, 0.15) is 0 Å². The second kappa shape index (κ2) is 17.4. The average Bonchev–Trinajstić information content (AvgIpc) is 2.99. The summed E-state index contributed by atoms with van der Waals surface area (Å²) < 4.78 is 129. The van der Waals surface area contributed by atoms with Crippen LogP contribution in [-0.2, 0) is 41.2 Å². The molecule has 0 saturated heterocycles. The van der Waals surface area contributed by atoms with Crippen molar-refractivity contribution in [2.24, 2.45) is 0 Å². The van der Waals surface area contributed by atoms with Gasteiger partial charge in [-0.15, -0.1) is 0 Å². The van der Waals surface area contributed by atoms with Gasteiger partial charge in [0, 0.05) is 38.2 Å². The molecular formula is C31H32F9N4NaO4. The molecule has 18 heteroatoms. The van der Waals surface area contributed by atoms with E-state index in [-0.39, 0.29) is 91.0 Å². The molecule has 0 unspecified atom stereocenters. The third-order valence-corrected chi connectivity index (χ3v) is 6.86. The molecule has 0 saturated carbocycles. The Morgan fingerprint density at radius 1 is 0.796 bits per heavy atom. The number of anilines is 2. The topological polar surface area (TPSA) is 95.9 Å². The number of alkyl halides is 9. The van der Waals surface area contributed by atoms with Crippen molar-refractivity contribution in [2.75, 3.05) is 23.0 Å². The Labute approximate surface area is 297 Å². The number of benzene rings is 2. The van der Waals surface area contributed by atoms with Gasteiger partial charge in [0.25, 0.3) is 0 Å². The minimum atomic E-state index is -5.16. The monoisotopic (exact) mass is 718 g/mol. The summed E-state index contributed by atoms with van der Waals surface area (Å²) in [6.45, 7) is 2.01. The third-order valence-electron chi connectivity index (χ3n) is 6.86. The van der Waals surface area contributed by atoms with Crippen molar-refractivity contribution < 1.29 is 58.9 Å². The van der Waals surface area contributed by atoms with Crippen LogP contribution in [-0.4, -0.2) is 69.7 Å². The van der Waals surface area contributed by atoms with Gasteiger partial charge in [-0.2, -0.15) is 39.5 Å². The van der Waals surface area contributed by atoms with Crippen LogP contribution in [0.2, 0.25) is 0 Å². The summed E-state index contributed by atoms with van der Waals surface area (Å²) in [7, 11) is 0. The van der Waals surface area contributed by atoms with Gasteiger partial charge in [-0.05, 0) is 67.3 Å². The number of hydrogen-bond acceptors (Lipinski definition) is 6. The first-order valence-electron chi connectivity index (χ1n) is 14.5. The van der Waals surface area contributed by atoms with Gasteiger partial charge in [-0.3, -0.25) is 9.59 Å². The zero-order valence-corrected chi connectivity index (χ0v) is 25.6. The first kappa shape index (κ1) is 41.6. The van der Waals surface area contributed by atoms with Crippen LogP contribution in [0.25, 0.3) is 0 Å². The number of nitrogens with zero attached hydrogens (tertiary/aromatic N) is 4. The van der Waals surface area contributed by atoms with E-state index in [1.54, 1.807) is 13.8 Å². The standard InChI is InChI=1S/C31H31F9N4O4.Na.H/c1-3-6-26(45)44(4-2)25-9-8-21(29(32,33)34)13-20(25)18-43(28-41-15-24(16-42-28)48-10-5-7-27(46)47)17-19-11-22(30(35,36)37)14-23(12-19)31(38,39)40;;/h8-9,11-16H,3-7,10,17-18H2,1-2H3,(H,46,47);;. The predicted molar refractivity (Wildman–Crippen MR) is 162 cm³/mol. The summed E-state index contributed by atoms with van der Waals surface area (Å²) in [6, 6.07) is 3.51. The third kappa shape index (κ3) is 12.1. The number of aliphatic carboxylic acids is 1. The molecular weight excluding hydrogens is 686 g/mol. The fourth-order valence-electron chi connectivity index (χ4n) is 4.68. The van der Waals surface area contributed by atoms with E-state index >= 15 is 0 Å². The van der Waals surface area contributed by atoms with Gasteiger partial charge >= 0.3 is 54.1 Å². The van der Waals surface area contributed by atoms with Crippen LogP contribution in [0.4, 0.5) is 51.1 Å². The van der Waals surface area contributed by atoms with E-state index in [1.165, 1.54) is 4.90 Å². The molecule has 0 aliphatic rings. The molecule has 264 valence electrons. The summed E-state index contributed by atoms with van der Waals surface area (Å²) in [5, 5.41) is 8.77. The molecule has 0 aliphatic carbocycles. The van der Waals surface area contributed by atoms with Crippen LogP contribution in [0.5, 0.6) is 5.75 Å². The maximum absolute atomic E-state index is 13.8. The molecule has 3 rings (SSSR count). The number of carboxylic acid groups (broad SMARTS) is 1. The van der Waals surface area contributed by atoms with Crippen molar-refractivity contribution in [1.29, 1.82) is 0 Å². The van der Waals surface area contributed by atoms with E-state index in [0.29, 0.717) is 18.6 Å². The van der Waals surface area contributed by atoms with Crippen LogP contribution in [0.3, 0.4) is 0 Å². The molecule has 8 nitrogen and oxygen atoms in total. The zero-order chi connectivity index (χ0) is 35.9. The Morgan fingerprint density at radius 3 is 1.86 bits per heavy atom. The SMILES string of the molecule is CCCC(=O)N(CC)c1ccc(C(F)(F)F)cc1CN(Cc1cc(C(F)(F)F)cc(C(F)(F)F)c1)c1ncc(OCCCC(=O)O)cn1.[NaH]. The first-order chi connectivity index (χ1) is 22.3.